The molecule has 2 aromatic heterocycles. The Morgan fingerprint density at radius 1 is 1.16 bits per heavy atom. The molecular formula is C16H16N4O2S3. The van der Waals surface area contributed by atoms with Gasteiger partial charge in [-0.25, -0.2) is 17.7 Å². The zero-order chi connectivity index (χ0) is 17.9. The smallest absolute Gasteiger partial charge is 0.242 e. The zero-order valence-corrected chi connectivity index (χ0v) is 16.0. The Balaban J connectivity index is 1.72. The highest BCUT2D eigenvalue weighted by molar-refractivity contribution is 7.89. The second-order valence-corrected chi connectivity index (χ2v) is 9.22. The number of thiazole rings is 1. The highest BCUT2D eigenvalue weighted by Gasteiger charge is 2.17. The molecule has 0 atom stereocenters. The number of hydrazone groups is 1. The molecule has 0 aliphatic carbocycles. The number of sulfonamides is 1. The van der Waals surface area contributed by atoms with Crippen LogP contribution in [0.1, 0.15) is 4.88 Å². The van der Waals surface area contributed by atoms with Crippen LogP contribution in [-0.4, -0.2) is 38.0 Å². The minimum atomic E-state index is -3.42. The lowest BCUT2D eigenvalue weighted by atomic mass is 10.2. The van der Waals surface area contributed by atoms with E-state index in [2.05, 4.69) is 15.5 Å². The SMILES string of the molecule is CN(C)S(=O)(=O)c1ccc(-c2csc(N/N=C\c3cccs3)n2)cc1. The minimum absolute atomic E-state index is 0.260. The molecule has 1 N–H and O–H groups in total. The first-order chi connectivity index (χ1) is 12.0. The summed E-state index contributed by atoms with van der Waals surface area (Å²) in [4.78, 5) is 5.78. The average Bonchev–Trinajstić information content (AvgIpc) is 3.27. The number of aromatic nitrogens is 1. The van der Waals surface area contributed by atoms with Gasteiger partial charge in [0.1, 0.15) is 0 Å². The first kappa shape index (κ1) is 17.7. The standard InChI is InChI=1S/C16H16N4O2S3/c1-20(2)25(21,22)14-7-5-12(6-8-14)15-11-24-16(18-15)19-17-10-13-4-3-9-23-13/h3-11H,1-2H3,(H,18,19)/b17-10-. The van der Waals surface area contributed by atoms with Gasteiger partial charge in [0.2, 0.25) is 15.2 Å². The summed E-state index contributed by atoms with van der Waals surface area (Å²) < 4.78 is 25.4. The van der Waals surface area contributed by atoms with Gasteiger partial charge >= 0.3 is 0 Å². The van der Waals surface area contributed by atoms with Gasteiger partial charge in [-0.15, -0.1) is 22.7 Å². The third-order valence-electron chi connectivity index (χ3n) is 3.33. The maximum atomic E-state index is 12.1. The number of hydrogen-bond donors (Lipinski definition) is 1. The van der Waals surface area contributed by atoms with Crippen molar-refractivity contribution in [2.24, 2.45) is 5.10 Å². The average molecular weight is 393 g/mol. The van der Waals surface area contributed by atoms with Crippen LogP contribution >= 0.6 is 22.7 Å². The summed E-state index contributed by atoms with van der Waals surface area (Å²) in [6.07, 6.45) is 1.74. The fraction of sp³-hybridized carbons (Fsp3) is 0.125. The number of thiophene rings is 1. The van der Waals surface area contributed by atoms with Crippen molar-refractivity contribution in [3.05, 3.63) is 52.0 Å². The molecule has 0 saturated carbocycles. The Morgan fingerprint density at radius 3 is 2.56 bits per heavy atom. The van der Waals surface area contributed by atoms with Crippen LogP contribution in [0.15, 0.2) is 57.2 Å². The summed E-state index contributed by atoms with van der Waals surface area (Å²) in [5.74, 6) is 0. The van der Waals surface area contributed by atoms with Gasteiger partial charge in [0.25, 0.3) is 0 Å². The van der Waals surface area contributed by atoms with Crippen molar-refractivity contribution in [2.75, 3.05) is 19.5 Å². The van der Waals surface area contributed by atoms with Gasteiger partial charge in [0.15, 0.2) is 0 Å². The fourth-order valence-electron chi connectivity index (χ4n) is 1.98. The van der Waals surface area contributed by atoms with Gasteiger partial charge in [0, 0.05) is 29.9 Å². The van der Waals surface area contributed by atoms with Crippen LogP contribution in [0.25, 0.3) is 11.3 Å². The predicted octanol–water partition coefficient (Wildman–Crippen LogP) is 3.57. The predicted molar refractivity (Wildman–Crippen MR) is 104 cm³/mol. The number of nitrogens with one attached hydrogen (secondary N) is 1. The highest BCUT2D eigenvalue weighted by Crippen LogP contribution is 2.26. The van der Waals surface area contributed by atoms with Gasteiger partial charge in [0.05, 0.1) is 16.8 Å². The summed E-state index contributed by atoms with van der Waals surface area (Å²) in [5, 5.41) is 8.72. The van der Waals surface area contributed by atoms with Crippen molar-refractivity contribution in [3.63, 3.8) is 0 Å². The third kappa shape index (κ3) is 4.13. The molecule has 3 rings (SSSR count). The van der Waals surface area contributed by atoms with E-state index in [4.69, 9.17) is 0 Å². The quantitative estimate of drug-likeness (QED) is 0.514. The van der Waals surface area contributed by atoms with Gasteiger partial charge in [-0.1, -0.05) is 18.2 Å². The Bertz CT molecular complexity index is 959. The Hall–Kier alpha value is -2.07. The lowest BCUT2D eigenvalue weighted by molar-refractivity contribution is 0.521. The molecule has 0 aliphatic rings. The minimum Gasteiger partial charge on any atom is -0.253 e. The molecule has 0 bridgehead atoms. The number of nitrogens with zero attached hydrogens (tertiary/aromatic N) is 3. The molecule has 130 valence electrons. The van der Waals surface area contributed by atoms with Crippen molar-refractivity contribution in [1.29, 1.82) is 0 Å². The summed E-state index contributed by atoms with van der Waals surface area (Å²) in [6.45, 7) is 0. The van der Waals surface area contributed by atoms with Crippen LogP contribution < -0.4 is 5.43 Å². The maximum Gasteiger partial charge on any atom is 0.242 e. The number of rotatable bonds is 6. The van der Waals surface area contributed by atoms with Gasteiger partial charge in [-0.05, 0) is 23.6 Å². The molecule has 0 unspecified atom stereocenters. The summed E-state index contributed by atoms with van der Waals surface area (Å²) in [7, 11) is -0.395. The fourth-order valence-corrected chi connectivity index (χ4v) is 4.14. The molecule has 9 heteroatoms. The van der Waals surface area contributed by atoms with Crippen LogP contribution in [0, 0.1) is 0 Å². The lowest BCUT2D eigenvalue weighted by Gasteiger charge is -2.11. The maximum absolute atomic E-state index is 12.1. The molecule has 3 aromatic rings. The van der Waals surface area contributed by atoms with Gasteiger partial charge in [-0.2, -0.15) is 5.10 Å². The number of hydrogen-bond acceptors (Lipinski definition) is 7. The van der Waals surface area contributed by atoms with Crippen molar-refractivity contribution in [2.45, 2.75) is 4.90 Å². The van der Waals surface area contributed by atoms with Crippen molar-refractivity contribution >= 4 is 44.0 Å². The van der Waals surface area contributed by atoms with Crippen LogP contribution in [0.2, 0.25) is 0 Å². The van der Waals surface area contributed by atoms with E-state index in [1.54, 1.807) is 41.8 Å². The first-order valence-corrected chi connectivity index (χ1v) is 10.5. The Morgan fingerprint density at radius 2 is 1.92 bits per heavy atom. The molecule has 6 nitrogen and oxygen atoms in total. The lowest BCUT2D eigenvalue weighted by Crippen LogP contribution is -2.22. The molecule has 0 saturated heterocycles. The zero-order valence-electron chi connectivity index (χ0n) is 13.6. The van der Waals surface area contributed by atoms with Crippen LogP contribution in [-0.2, 0) is 10.0 Å². The number of anilines is 1. The van der Waals surface area contributed by atoms with Crippen LogP contribution in [0.4, 0.5) is 5.13 Å². The van der Waals surface area contributed by atoms with E-state index in [-0.39, 0.29) is 4.90 Å². The molecule has 25 heavy (non-hydrogen) atoms. The van der Waals surface area contributed by atoms with Crippen molar-refractivity contribution in [3.8, 4) is 11.3 Å². The molecule has 0 radical (unpaired) electrons. The van der Waals surface area contributed by atoms with E-state index < -0.39 is 10.0 Å². The molecule has 0 amide bonds. The number of benzene rings is 1. The second-order valence-electron chi connectivity index (χ2n) is 5.24. The second kappa shape index (κ2) is 7.44. The van der Waals surface area contributed by atoms with E-state index in [9.17, 15) is 8.42 Å². The largest absolute Gasteiger partial charge is 0.253 e. The monoisotopic (exact) mass is 392 g/mol. The third-order valence-corrected chi connectivity index (χ3v) is 6.71. The van der Waals surface area contributed by atoms with Crippen LogP contribution in [0.5, 0.6) is 0 Å². The van der Waals surface area contributed by atoms with E-state index in [0.717, 1.165) is 16.1 Å². The molecule has 0 aliphatic heterocycles. The molecule has 1 aromatic carbocycles. The first-order valence-electron chi connectivity index (χ1n) is 7.28. The van der Waals surface area contributed by atoms with Gasteiger partial charge in [-0.3, -0.25) is 5.43 Å². The normalized spacial score (nSPS) is 12.1. The highest BCUT2D eigenvalue weighted by atomic mass is 32.2. The van der Waals surface area contributed by atoms with E-state index in [0.29, 0.717) is 5.13 Å². The summed E-state index contributed by atoms with van der Waals surface area (Å²) in [5.41, 5.74) is 4.53. The van der Waals surface area contributed by atoms with E-state index >= 15 is 0 Å². The molecular weight excluding hydrogens is 376 g/mol. The van der Waals surface area contributed by atoms with Crippen molar-refractivity contribution < 1.29 is 8.42 Å². The molecule has 0 fully saturated rings. The Kier molecular flexibility index (Phi) is 5.28. The molecule has 2 heterocycles. The van der Waals surface area contributed by atoms with E-state index in [1.807, 2.05) is 22.9 Å². The Labute approximate surface area is 154 Å². The summed E-state index contributed by atoms with van der Waals surface area (Å²) >= 11 is 3.04. The van der Waals surface area contributed by atoms with Crippen molar-refractivity contribution in [1.82, 2.24) is 9.29 Å². The molecule has 0 spiro atoms. The summed E-state index contributed by atoms with van der Waals surface area (Å²) in [6, 6.07) is 10.6. The van der Waals surface area contributed by atoms with Crippen LogP contribution in [0.3, 0.4) is 0 Å². The topological polar surface area (TPSA) is 74.7 Å². The van der Waals surface area contributed by atoms with Gasteiger partial charge < -0.3 is 0 Å². The van der Waals surface area contributed by atoms with E-state index in [1.165, 1.54) is 29.7 Å².